The van der Waals surface area contributed by atoms with E-state index >= 15 is 0 Å². The Morgan fingerprint density at radius 1 is 0.538 bits per heavy atom. The number of carbonyl (C=O) groups is 2. The lowest BCUT2D eigenvalue weighted by atomic mass is 10.1. The van der Waals surface area contributed by atoms with E-state index in [9.17, 15) is 9.59 Å². The van der Waals surface area contributed by atoms with Crippen molar-refractivity contribution in [3.8, 4) is 34.5 Å². The molecule has 0 saturated heterocycles. The number of hydrogen-bond donors (Lipinski definition) is 3. The monoisotopic (exact) mass is 1010 g/mol. The van der Waals surface area contributed by atoms with Crippen LogP contribution in [0, 0.1) is 0 Å². The first-order chi connectivity index (χ1) is 31.5. The minimum atomic E-state index is -0.961. The number of methoxy groups -OCH3 is 4. The maximum Gasteiger partial charge on any atom is 0.328 e. The summed E-state index contributed by atoms with van der Waals surface area (Å²) >= 11 is 6.75. The number of nitrogens with one attached hydrogen (secondary N) is 1. The molecule has 0 heterocycles. The van der Waals surface area contributed by atoms with Crippen molar-refractivity contribution in [1.82, 2.24) is 5.32 Å². The summed E-state index contributed by atoms with van der Waals surface area (Å²) in [4.78, 5) is 22.4. The molecule has 0 aliphatic carbocycles. The second-order valence-corrected chi connectivity index (χ2v) is 15.6. The SMILES string of the molecule is COc1ccc(/C=C/C(=O)NCCc2ccc(OC)c(OCc3ccccc3)c2)cc1Br.COc1ccc(/C=C/C(=O)O)cc1Br.COc1ccc(CCN)cc1OCc1ccccc1. The van der Waals surface area contributed by atoms with Crippen LogP contribution in [0.15, 0.2) is 155 Å². The van der Waals surface area contributed by atoms with Gasteiger partial charge in [0.2, 0.25) is 5.91 Å². The molecule has 0 aromatic heterocycles. The fourth-order valence-electron chi connectivity index (χ4n) is 5.92. The molecule has 6 aromatic rings. The Labute approximate surface area is 398 Å². The highest BCUT2D eigenvalue weighted by atomic mass is 79.9. The van der Waals surface area contributed by atoms with Gasteiger partial charge in [0, 0.05) is 18.7 Å². The first-order valence-electron chi connectivity index (χ1n) is 20.5. The van der Waals surface area contributed by atoms with Gasteiger partial charge in [-0.1, -0.05) is 84.9 Å². The molecule has 65 heavy (non-hydrogen) atoms. The average molecular weight is 1010 g/mol. The van der Waals surface area contributed by atoms with E-state index in [1.54, 1.807) is 52.7 Å². The number of carboxylic acid groups (broad SMARTS) is 1. The van der Waals surface area contributed by atoms with Crippen LogP contribution >= 0.6 is 31.9 Å². The van der Waals surface area contributed by atoms with Gasteiger partial charge in [-0.2, -0.15) is 0 Å². The number of hydrogen-bond acceptors (Lipinski definition) is 9. The highest BCUT2D eigenvalue weighted by Gasteiger charge is 2.09. The summed E-state index contributed by atoms with van der Waals surface area (Å²) < 4.78 is 34.4. The van der Waals surface area contributed by atoms with Crippen LogP contribution in [0.2, 0.25) is 0 Å². The van der Waals surface area contributed by atoms with Crippen LogP contribution in [0.4, 0.5) is 0 Å². The summed E-state index contributed by atoms with van der Waals surface area (Å²) in [5.41, 5.74) is 11.7. The molecule has 0 unspecified atom stereocenters. The molecule has 6 rings (SSSR count). The molecule has 0 bridgehead atoms. The molecule has 0 saturated carbocycles. The summed E-state index contributed by atoms with van der Waals surface area (Å²) in [7, 11) is 6.46. The standard InChI is InChI=1S/C26H26BrNO4.C16H19NO2.C10H9BrO3/c1-30-23-11-8-19(16-22(23)27)10-13-26(29)28-15-14-20-9-12-24(31-2)25(17-20)32-18-21-6-4-3-5-7-21;1-18-15-8-7-13(9-10-17)11-16(15)19-12-14-5-3-2-4-6-14;1-14-9-4-2-7(6-8(9)11)3-5-10(12)13/h3-13,16-17H,14-15,18H2,1-2H3,(H,28,29);2-8,11H,9-10,12,17H2,1H3;2-6H,1H3,(H,12,13)/b13-10+;;5-3+. The van der Waals surface area contributed by atoms with Gasteiger partial charge in [0.15, 0.2) is 23.0 Å². The van der Waals surface area contributed by atoms with Crippen molar-refractivity contribution in [2.24, 2.45) is 5.73 Å². The summed E-state index contributed by atoms with van der Waals surface area (Å²) in [6.45, 7) is 2.14. The highest BCUT2D eigenvalue weighted by molar-refractivity contribution is 9.11. The third kappa shape index (κ3) is 18.2. The highest BCUT2D eigenvalue weighted by Crippen LogP contribution is 2.31. The first kappa shape index (κ1) is 51.1. The summed E-state index contributed by atoms with van der Waals surface area (Å²) in [5.74, 6) is 3.24. The van der Waals surface area contributed by atoms with Gasteiger partial charge in [-0.3, -0.25) is 4.79 Å². The third-order valence-corrected chi connectivity index (χ3v) is 10.5. The number of benzene rings is 6. The zero-order valence-corrected chi connectivity index (χ0v) is 40.0. The average Bonchev–Trinajstić information content (AvgIpc) is 3.32. The number of halogens is 2. The lowest BCUT2D eigenvalue weighted by molar-refractivity contribution is -0.131. The Hall–Kier alpha value is -6.54. The number of nitrogens with two attached hydrogens (primary N) is 1. The van der Waals surface area contributed by atoms with Crippen LogP contribution in [0.5, 0.6) is 34.5 Å². The van der Waals surface area contributed by atoms with Crippen LogP contribution in [0.3, 0.4) is 0 Å². The minimum absolute atomic E-state index is 0.147. The molecular weight excluding hydrogens is 956 g/mol. The second-order valence-electron chi connectivity index (χ2n) is 13.9. The van der Waals surface area contributed by atoms with E-state index in [0.717, 1.165) is 77.8 Å². The number of carbonyl (C=O) groups excluding carboxylic acids is 1. The molecule has 11 nitrogen and oxygen atoms in total. The van der Waals surface area contributed by atoms with Crippen molar-refractivity contribution in [2.45, 2.75) is 26.1 Å². The van der Waals surface area contributed by atoms with Crippen molar-refractivity contribution in [3.63, 3.8) is 0 Å². The fourth-order valence-corrected chi connectivity index (χ4v) is 7.03. The van der Waals surface area contributed by atoms with Gasteiger partial charge in [0.1, 0.15) is 24.7 Å². The van der Waals surface area contributed by atoms with E-state index in [1.807, 2.05) is 115 Å². The van der Waals surface area contributed by atoms with E-state index in [-0.39, 0.29) is 5.91 Å². The Morgan fingerprint density at radius 3 is 1.38 bits per heavy atom. The molecule has 340 valence electrons. The number of rotatable bonds is 19. The van der Waals surface area contributed by atoms with Crippen LogP contribution in [-0.4, -0.2) is 58.5 Å². The molecule has 0 spiro atoms. The molecule has 1 amide bonds. The number of ether oxygens (including phenoxy) is 6. The van der Waals surface area contributed by atoms with Crippen molar-refractivity contribution < 1.29 is 43.1 Å². The smallest absolute Gasteiger partial charge is 0.328 e. The molecule has 0 atom stereocenters. The molecule has 6 aromatic carbocycles. The first-order valence-corrected chi connectivity index (χ1v) is 22.1. The maximum atomic E-state index is 12.2. The van der Waals surface area contributed by atoms with Crippen LogP contribution < -0.4 is 39.5 Å². The van der Waals surface area contributed by atoms with Gasteiger partial charge in [-0.15, -0.1) is 0 Å². The Balaban J connectivity index is 0.000000237. The second kappa shape index (κ2) is 28.3. The molecular formula is C52H54Br2N2O9. The third-order valence-electron chi connectivity index (χ3n) is 9.27. The van der Waals surface area contributed by atoms with E-state index in [1.165, 1.54) is 12.2 Å². The van der Waals surface area contributed by atoms with Crippen molar-refractivity contribution in [2.75, 3.05) is 41.5 Å². The van der Waals surface area contributed by atoms with Crippen molar-refractivity contribution in [1.29, 1.82) is 0 Å². The normalized spacial score (nSPS) is 10.5. The zero-order chi connectivity index (χ0) is 46.8. The van der Waals surface area contributed by atoms with Gasteiger partial charge < -0.3 is 44.6 Å². The van der Waals surface area contributed by atoms with Gasteiger partial charge in [0.05, 0.1) is 37.4 Å². The Morgan fingerprint density at radius 2 is 0.969 bits per heavy atom. The number of carboxylic acids is 1. The van der Waals surface area contributed by atoms with Crippen LogP contribution in [0.1, 0.15) is 33.4 Å². The molecule has 13 heteroatoms. The largest absolute Gasteiger partial charge is 0.496 e. The van der Waals surface area contributed by atoms with Crippen LogP contribution in [0.25, 0.3) is 12.2 Å². The van der Waals surface area contributed by atoms with Crippen LogP contribution in [-0.2, 0) is 35.6 Å². The number of amides is 1. The quantitative estimate of drug-likeness (QED) is 0.0670. The van der Waals surface area contributed by atoms with E-state index < -0.39 is 5.97 Å². The van der Waals surface area contributed by atoms with Crippen molar-refractivity contribution >= 4 is 55.9 Å². The van der Waals surface area contributed by atoms with Crippen molar-refractivity contribution in [3.05, 3.63) is 188 Å². The lowest BCUT2D eigenvalue weighted by Crippen LogP contribution is -2.23. The molecule has 0 aliphatic heterocycles. The van der Waals surface area contributed by atoms with Gasteiger partial charge in [0.25, 0.3) is 0 Å². The fraction of sp³-hybridized carbons (Fsp3) is 0.192. The van der Waals surface area contributed by atoms with E-state index in [4.69, 9.17) is 39.3 Å². The van der Waals surface area contributed by atoms with Gasteiger partial charge >= 0.3 is 5.97 Å². The molecule has 0 radical (unpaired) electrons. The Kier molecular flexibility index (Phi) is 22.2. The van der Waals surface area contributed by atoms with E-state index in [0.29, 0.717) is 44.2 Å². The molecule has 4 N–H and O–H groups in total. The summed E-state index contributed by atoms with van der Waals surface area (Å²) in [6, 6.07) is 42.8. The molecule has 0 fully saturated rings. The van der Waals surface area contributed by atoms with Gasteiger partial charge in [-0.05, 0) is 145 Å². The predicted molar refractivity (Wildman–Crippen MR) is 264 cm³/mol. The topological polar surface area (TPSA) is 148 Å². The zero-order valence-electron chi connectivity index (χ0n) is 36.8. The maximum absolute atomic E-state index is 12.2. The Bertz CT molecular complexity index is 2460. The summed E-state index contributed by atoms with van der Waals surface area (Å²) in [5, 5.41) is 11.3. The van der Waals surface area contributed by atoms with Gasteiger partial charge in [-0.25, -0.2) is 4.79 Å². The number of aliphatic carboxylic acids is 1. The van der Waals surface area contributed by atoms with E-state index in [2.05, 4.69) is 37.2 Å². The summed E-state index contributed by atoms with van der Waals surface area (Å²) in [6.07, 6.45) is 7.42. The minimum Gasteiger partial charge on any atom is -0.496 e. The predicted octanol–water partition coefficient (Wildman–Crippen LogP) is 10.7. The molecule has 0 aliphatic rings. The lowest BCUT2D eigenvalue weighted by Gasteiger charge is -2.12.